The van der Waals surface area contributed by atoms with Crippen molar-refractivity contribution in [1.29, 1.82) is 0 Å². The highest BCUT2D eigenvalue weighted by Gasteiger charge is 2.02. The average Bonchev–Trinajstić information content (AvgIpc) is 2.07. The molecule has 0 bridgehead atoms. The molecule has 2 heteroatoms. The van der Waals surface area contributed by atoms with E-state index in [1.54, 1.807) is 0 Å². The van der Waals surface area contributed by atoms with Crippen LogP contribution >= 0.6 is 25.3 Å². The van der Waals surface area contributed by atoms with E-state index in [1.165, 1.54) is 5.56 Å². The second-order valence-corrected chi connectivity index (χ2v) is 3.33. The van der Waals surface area contributed by atoms with E-state index in [4.69, 9.17) is 0 Å². The van der Waals surface area contributed by atoms with Crippen molar-refractivity contribution in [2.24, 2.45) is 0 Å². The lowest BCUT2D eigenvalue weighted by molar-refractivity contribution is 0.965. The van der Waals surface area contributed by atoms with Gasteiger partial charge in [-0.15, -0.1) is 0 Å². The molecule has 0 saturated carbocycles. The van der Waals surface area contributed by atoms with E-state index in [-0.39, 0.29) is 5.25 Å². The van der Waals surface area contributed by atoms with Gasteiger partial charge in [0.1, 0.15) is 0 Å². The lowest BCUT2D eigenvalue weighted by Gasteiger charge is -2.07. The molecule has 1 atom stereocenters. The molecular weight excluding hydrogens is 172 g/mol. The minimum Gasteiger partial charge on any atom is -0.175 e. The fourth-order valence-corrected chi connectivity index (χ4v) is 1.57. The van der Waals surface area contributed by atoms with Crippen LogP contribution in [0.2, 0.25) is 0 Å². The third-order valence-electron chi connectivity index (χ3n) is 1.51. The highest BCUT2D eigenvalue weighted by atomic mass is 32.1. The maximum absolute atomic E-state index is 4.42. The molecule has 0 saturated heterocycles. The minimum atomic E-state index is 0.286. The summed E-state index contributed by atoms with van der Waals surface area (Å²) in [7, 11) is 0. The predicted octanol–water partition coefficient (Wildman–Crippen LogP) is 3.14. The lowest BCUT2D eigenvalue weighted by Crippen LogP contribution is -1.87. The summed E-state index contributed by atoms with van der Waals surface area (Å²) in [6, 6.07) is 10.2. The minimum absolute atomic E-state index is 0.286. The van der Waals surface area contributed by atoms with Crippen LogP contribution in [0.1, 0.15) is 17.2 Å². The Morgan fingerprint density at radius 2 is 1.91 bits per heavy atom. The second kappa shape index (κ2) is 4.73. The zero-order chi connectivity index (χ0) is 8.10. The molecule has 0 aromatic heterocycles. The first-order chi connectivity index (χ1) is 5.34. The predicted molar refractivity (Wildman–Crippen MR) is 56.1 cm³/mol. The number of benzene rings is 1. The van der Waals surface area contributed by atoms with Crippen molar-refractivity contribution in [3.63, 3.8) is 0 Å². The Morgan fingerprint density at radius 1 is 1.27 bits per heavy atom. The summed E-state index contributed by atoms with van der Waals surface area (Å²) >= 11 is 8.46. The third kappa shape index (κ3) is 2.80. The van der Waals surface area contributed by atoms with Gasteiger partial charge in [-0.2, -0.15) is 25.3 Å². The van der Waals surface area contributed by atoms with Crippen LogP contribution in [0.15, 0.2) is 30.3 Å². The molecule has 0 amide bonds. The molecule has 1 radical (unpaired) electrons. The van der Waals surface area contributed by atoms with Gasteiger partial charge in [-0.1, -0.05) is 30.3 Å². The molecule has 0 aliphatic rings. The van der Waals surface area contributed by atoms with Gasteiger partial charge in [0.15, 0.2) is 0 Å². The number of thiol groups is 2. The summed E-state index contributed by atoms with van der Waals surface area (Å²) in [6.45, 7) is 0. The van der Waals surface area contributed by atoms with Gasteiger partial charge < -0.3 is 0 Å². The molecule has 1 aromatic rings. The van der Waals surface area contributed by atoms with Gasteiger partial charge in [-0.25, -0.2) is 0 Å². The number of hydrogen-bond donors (Lipinski definition) is 2. The Hall–Kier alpha value is -0.0800. The summed E-state index contributed by atoms with van der Waals surface area (Å²) in [5, 5.41) is 0.286. The van der Waals surface area contributed by atoms with Crippen molar-refractivity contribution >= 4 is 25.3 Å². The van der Waals surface area contributed by atoms with E-state index in [1.807, 2.05) is 24.0 Å². The van der Waals surface area contributed by atoms with Gasteiger partial charge in [-0.05, 0) is 12.0 Å². The zero-order valence-electron chi connectivity index (χ0n) is 6.14. The van der Waals surface area contributed by atoms with Crippen LogP contribution in [0, 0.1) is 5.75 Å². The van der Waals surface area contributed by atoms with Crippen LogP contribution in [0.4, 0.5) is 0 Å². The van der Waals surface area contributed by atoms with E-state index < -0.39 is 0 Å². The Bertz CT molecular complexity index is 196. The SMILES string of the molecule is S[CH]CC(S)c1ccccc1. The standard InChI is InChI=1S/C9H11S2/c10-7-6-9(11)8-4-2-1-3-5-8/h1-5,7,9-11H,6H2. The fourth-order valence-electron chi connectivity index (χ4n) is 0.911. The molecule has 11 heavy (non-hydrogen) atoms. The maximum Gasteiger partial charge on any atom is 0.0277 e. The molecule has 0 aliphatic carbocycles. The van der Waals surface area contributed by atoms with E-state index >= 15 is 0 Å². The van der Waals surface area contributed by atoms with Gasteiger partial charge in [-0.3, -0.25) is 0 Å². The first kappa shape index (κ1) is 9.01. The summed E-state index contributed by atoms with van der Waals surface area (Å²) in [5.74, 6) is 1.84. The van der Waals surface area contributed by atoms with Crippen LogP contribution in [-0.4, -0.2) is 0 Å². The van der Waals surface area contributed by atoms with E-state index in [0.717, 1.165) is 6.42 Å². The quantitative estimate of drug-likeness (QED) is 0.661. The van der Waals surface area contributed by atoms with Gasteiger partial charge in [0.05, 0.1) is 0 Å². The Labute approximate surface area is 78.8 Å². The van der Waals surface area contributed by atoms with Crippen molar-refractivity contribution in [2.45, 2.75) is 11.7 Å². The second-order valence-electron chi connectivity index (χ2n) is 2.34. The molecule has 0 aliphatic heterocycles. The van der Waals surface area contributed by atoms with Gasteiger partial charge in [0.2, 0.25) is 0 Å². The highest BCUT2D eigenvalue weighted by Crippen LogP contribution is 2.24. The van der Waals surface area contributed by atoms with Crippen molar-refractivity contribution in [3.8, 4) is 0 Å². The summed E-state index contributed by atoms with van der Waals surface area (Å²) < 4.78 is 0. The van der Waals surface area contributed by atoms with Crippen molar-refractivity contribution in [1.82, 2.24) is 0 Å². The molecular formula is C9H11S2. The summed E-state index contributed by atoms with van der Waals surface area (Å²) in [4.78, 5) is 0. The van der Waals surface area contributed by atoms with Gasteiger partial charge in [0, 0.05) is 11.0 Å². The molecule has 59 valence electrons. The number of hydrogen-bond acceptors (Lipinski definition) is 2. The Balaban J connectivity index is 2.61. The number of rotatable bonds is 3. The third-order valence-corrected chi connectivity index (χ3v) is 2.23. The van der Waals surface area contributed by atoms with Crippen molar-refractivity contribution in [2.75, 3.05) is 0 Å². The smallest absolute Gasteiger partial charge is 0.0277 e. The van der Waals surface area contributed by atoms with Crippen LogP contribution < -0.4 is 0 Å². The normalized spacial score (nSPS) is 12.9. The summed E-state index contributed by atoms with van der Waals surface area (Å²) in [5.41, 5.74) is 1.25. The van der Waals surface area contributed by atoms with E-state index in [2.05, 4.69) is 37.4 Å². The van der Waals surface area contributed by atoms with Crippen LogP contribution in [-0.2, 0) is 0 Å². The topological polar surface area (TPSA) is 0 Å². The van der Waals surface area contributed by atoms with Crippen LogP contribution in [0.3, 0.4) is 0 Å². The first-order valence-corrected chi connectivity index (χ1v) is 4.57. The summed E-state index contributed by atoms with van der Waals surface area (Å²) in [6.07, 6.45) is 0.899. The largest absolute Gasteiger partial charge is 0.175 e. The molecule has 0 heterocycles. The molecule has 1 unspecified atom stereocenters. The zero-order valence-corrected chi connectivity index (χ0v) is 7.93. The molecule has 0 spiro atoms. The lowest BCUT2D eigenvalue weighted by atomic mass is 10.1. The van der Waals surface area contributed by atoms with E-state index in [0.29, 0.717) is 0 Å². The Morgan fingerprint density at radius 3 is 2.45 bits per heavy atom. The average molecular weight is 183 g/mol. The van der Waals surface area contributed by atoms with E-state index in [9.17, 15) is 0 Å². The van der Waals surface area contributed by atoms with Crippen LogP contribution in [0.5, 0.6) is 0 Å². The van der Waals surface area contributed by atoms with Crippen molar-refractivity contribution < 1.29 is 0 Å². The van der Waals surface area contributed by atoms with Gasteiger partial charge >= 0.3 is 0 Å². The first-order valence-electron chi connectivity index (χ1n) is 3.53. The van der Waals surface area contributed by atoms with Crippen LogP contribution in [0.25, 0.3) is 0 Å². The van der Waals surface area contributed by atoms with Crippen molar-refractivity contribution in [3.05, 3.63) is 41.6 Å². The Kier molecular flexibility index (Phi) is 3.87. The molecule has 0 fully saturated rings. The maximum atomic E-state index is 4.42. The highest BCUT2D eigenvalue weighted by molar-refractivity contribution is 7.82. The molecule has 0 N–H and O–H groups in total. The monoisotopic (exact) mass is 183 g/mol. The fraction of sp³-hybridized carbons (Fsp3) is 0.222. The molecule has 1 rings (SSSR count). The molecule has 1 aromatic carbocycles. The van der Waals surface area contributed by atoms with Gasteiger partial charge in [0.25, 0.3) is 0 Å². The molecule has 0 nitrogen and oxygen atoms in total.